The monoisotopic (exact) mass is 410 g/mol. The van der Waals surface area contributed by atoms with E-state index in [1.54, 1.807) is 0 Å². The Balaban J connectivity index is 1.42. The average Bonchev–Trinajstić information content (AvgIpc) is 2.92. The standard InChI is InChI=1S/C24H30N2O2S/c1-18-7-4-13-23(27)25-24(18)21-11-6-15-26(17-21)29(28)16-14-20-10-5-9-19-8-2-3-12-22(19)20/h2-3,5,8-10,12,21H,4,6-7,11,13-17H2,1H3,(H,25,27). The lowest BCUT2D eigenvalue weighted by atomic mass is 9.92. The second-order valence-electron chi connectivity index (χ2n) is 8.24. The topological polar surface area (TPSA) is 49.4 Å². The Morgan fingerprint density at radius 1 is 1.10 bits per heavy atom. The van der Waals surface area contributed by atoms with E-state index in [1.165, 1.54) is 21.9 Å². The minimum absolute atomic E-state index is 0.131. The molecule has 4 nitrogen and oxygen atoms in total. The average molecular weight is 411 g/mol. The third-order valence-electron chi connectivity index (χ3n) is 6.20. The molecule has 0 saturated carbocycles. The molecule has 29 heavy (non-hydrogen) atoms. The summed E-state index contributed by atoms with van der Waals surface area (Å²) in [5.74, 6) is 1.06. The molecular formula is C24H30N2O2S. The zero-order valence-electron chi connectivity index (χ0n) is 17.2. The van der Waals surface area contributed by atoms with Crippen LogP contribution in [0.2, 0.25) is 0 Å². The van der Waals surface area contributed by atoms with Gasteiger partial charge in [-0.05, 0) is 55.4 Å². The first-order chi connectivity index (χ1) is 14.1. The zero-order chi connectivity index (χ0) is 20.2. The number of fused-ring (bicyclic) bond motifs is 1. The molecule has 2 heterocycles. The van der Waals surface area contributed by atoms with Crippen LogP contribution in [0.3, 0.4) is 0 Å². The SMILES string of the molecule is CC1=C(C2CCCN(S(=O)CCc3cccc4ccccc34)C2)NC(=O)CCC1. The molecule has 2 aliphatic heterocycles. The molecular weight excluding hydrogens is 380 g/mol. The van der Waals surface area contributed by atoms with Gasteiger partial charge in [0, 0.05) is 36.9 Å². The Kier molecular flexibility index (Phi) is 6.46. The largest absolute Gasteiger partial charge is 0.330 e. The van der Waals surface area contributed by atoms with Crippen LogP contribution in [0.5, 0.6) is 0 Å². The third-order valence-corrected chi connectivity index (χ3v) is 7.66. The summed E-state index contributed by atoms with van der Waals surface area (Å²) in [6, 6.07) is 14.8. The minimum Gasteiger partial charge on any atom is -0.330 e. The van der Waals surface area contributed by atoms with Crippen molar-refractivity contribution in [3.8, 4) is 0 Å². The molecule has 0 radical (unpaired) electrons. The molecule has 1 saturated heterocycles. The van der Waals surface area contributed by atoms with Gasteiger partial charge in [-0.15, -0.1) is 0 Å². The van der Waals surface area contributed by atoms with Gasteiger partial charge in [0.2, 0.25) is 5.91 Å². The molecule has 0 spiro atoms. The highest BCUT2D eigenvalue weighted by Crippen LogP contribution is 2.29. The number of piperidine rings is 1. The zero-order valence-corrected chi connectivity index (χ0v) is 18.0. The van der Waals surface area contributed by atoms with Crippen molar-refractivity contribution < 1.29 is 9.00 Å². The van der Waals surface area contributed by atoms with Crippen molar-refractivity contribution in [3.05, 3.63) is 59.3 Å². The summed E-state index contributed by atoms with van der Waals surface area (Å²) in [4.78, 5) is 12.0. The number of nitrogens with one attached hydrogen (secondary N) is 1. The van der Waals surface area contributed by atoms with Crippen LogP contribution in [0, 0.1) is 5.92 Å². The van der Waals surface area contributed by atoms with Crippen LogP contribution in [0.4, 0.5) is 0 Å². The second-order valence-corrected chi connectivity index (χ2v) is 9.80. The van der Waals surface area contributed by atoms with E-state index < -0.39 is 11.0 Å². The Hall–Kier alpha value is -1.98. The Labute approximate surface area is 176 Å². The lowest BCUT2D eigenvalue weighted by Gasteiger charge is -2.33. The first-order valence-corrected chi connectivity index (χ1v) is 12.0. The van der Waals surface area contributed by atoms with E-state index >= 15 is 0 Å². The van der Waals surface area contributed by atoms with Crippen LogP contribution >= 0.6 is 0 Å². The van der Waals surface area contributed by atoms with Crippen molar-refractivity contribution in [2.75, 3.05) is 18.8 Å². The predicted octanol–water partition coefficient (Wildman–Crippen LogP) is 4.33. The molecule has 0 aromatic heterocycles. The number of aryl methyl sites for hydroxylation is 1. The van der Waals surface area contributed by atoms with E-state index in [1.807, 2.05) is 0 Å². The van der Waals surface area contributed by atoms with Gasteiger partial charge in [-0.3, -0.25) is 4.79 Å². The number of amides is 1. The summed E-state index contributed by atoms with van der Waals surface area (Å²) in [5, 5.41) is 5.64. The van der Waals surface area contributed by atoms with Crippen LogP contribution in [0.1, 0.15) is 44.6 Å². The van der Waals surface area contributed by atoms with Crippen LogP contribution < -0.4 is 5.32 Å². The molecule has 0 aliphatic carbocycles. The first kappa shape index (κ1) is 20.3. The Morgan fingerprint density at radius 2 is 1.93 bits per heavy atom. The number of allylic oxidation sites excluding steroid dienone is 1. The molecule has 154 valence electrons. The van der Waals surface area contributed by atoms with Gasteiger partial charge in [0.05, 0.1) is 11.0 Å². The van der Waals surface area contributed by atoms with E-state index in [-0.39, 0.29) is 11.8 Å². The van der Waals surface area contributed by atoms with Crippen molar-refractivity contribution in [2.45, 2.75) is 45.4 Å². The number of carbonyl (C=O) groups is 1. The number of hydrogen-bond acceptors (Lipinski definition) is 2. The highest BCUT2D eigenvalue weighted by Gasteiger charge is 2.29. The normalized spacial score (nSPS) is 22.4. The molecule has 2 aromatic rings. The summed E-state index contributed by atoms with van der Waals surface area (Å²) >= 11 is 0. The van der Waals surface area contributed by atoms with Gasteiger partial charge in [-0.1, -0.05) is 48.0 Å². The maximum Gasteiger partial charge on any atom is 0.224 e. The lowest BCUT2D eigenvalue weighted by Crippen LogP contribution is -2.41. The quantitative estimate of drug-likeness (QED) is 0.797. The Bertz CT molecular complexity index is 948. The highest BCUT2D eigenvalue weighted by atomic mass is 32.2. The van der Waals surface area contributed by atoms with Gasteiger partial charge in [0.15, 0.2) is 0 Å². The van der Waals surface area contributed by atoms with E-state index in [0.717, 1.165) is 50.9 Å². The number of hydrogen-bond donors (Lipinski definition) is 1. The van der Waals surface area contributed by atoms with Gasteiger partial charge in [0.25, 0.3) is 0 Å². The molecule has 1 amide bonds. The smallest absolute Gasteiger partial charge is 0.224 e. The maximum absolute atomic E-state index is 13.1. The summed E-state index contributed by atoms with van der Waals surface area (Å²) in [7, 11) is -1.00. The third kappa shape index (κ3) is 4.78. The fraction of sp³-hybridized carbons (Fsp3) is 0.458. The van der Waals surface area contributed by atoms with E-state index in [9.17, 15) is 9.00 Å². The van der Waals surface area contributed by atoms with Crippen molar-refractivity contribution >= 4 is 27.7 Å². The van der Waals surface area contributed by atoms with Gasteiger partial charge in [-0.2, -0.15) is 0 Å². The molecule has 1 fully saturated rings. The summed E-state index contributed by atoms with van der Waals surface area (Å²) in [5.41, 5.74) is 3.66. The molecule has 1 N–H and O–H groups in total. The molecule has 2 aliphatic rings. The lowest BCUT2D eigenvalue weighted by molar-refractivity contribution is -0.120. The summed E-state index contributed by atoms with van der Waals surface area (Å²) < 4.78 is 15.2. The number of benzene rings is 2. The van der Waals surface area contributed by atoms with Crippen molar-refractivity contribution in [1.82, 2.24) is 9.62 Å². The molecule has 2 unspecified atom stereocenters. The number of carbonyl (C=O) groups excluding carboxylic acids is 1. The van der Waals surface area contributed by atoms with E-state index in [0.29, 0.717) is 12.2 Å². The molecule has 2 aromatic carbocycles. The molecule has 5 heteroatoms. The molecule has 0 bridgehead atoms. The van der Waals surface area contributed by atoms with E-state index in [2.05, 4.69) is 59.0 Å². The van der Waals surface area contributed by atoms with Crippen molar-refractivity contribution in [2.24, 2.45) is 5.92 Å². The second kappa shape index (κ2) is 9.23. The molecule has 2 atom stereocenters. The van der Waals surface area contributed by atoms with Crippen LogP contribution in [0.15, 0.2) is 53.7 Å². The van der Waals surface area contributed by atoms with E-state index in [4.69, 9.17) is 0 Å². The number of rotatable bonds is 5. The Morgan fingerprint density at radius 3 is 2.83 bits per heavy atom. The van der Waals surface area contributed by atoms with Gasteiger partial charge in [-0.25, -0.2) is 8.51 Å². The fourth-order valence-corrected chi connectivity index (χ4v) is 5.95. The fourth-order valence-electron chi connectivity index (χ4n) is 4.62. The minimum atomic E-state index is -1.00. The van der Waals surface area contributed by atoms with Crippen molar-refractivity contribution in [3.63, 3.8) is 0 Å². The molecule has 4 rings (SSSR count). The number of nitrogens with zero attached hydrogens (tertiary/aromatic N) is 1. The predicted molar refractivity (Wildman–Crippen MR) is 120 cm³/mol. The van der Waals surface area contributed by atoms with Crippen LogP contribution in [-0.2, 0) is 22.2 Å². The van der Waals surface area contributed by atoms with Gasteiger partial charge in [0.1, 0.15) is 0 Å². The first-order valence-electron chi connectivity index (χ1n) is 10.7. The van der Waals surface area contributed by atoms with Gasteiger partial charge >= 0.3 is 0 Å². The van der Waals surface area contributed by atoms with Gasteiger partial charge < -0.3 is 5.32 Å². The maximum atomic E-state index is 13.1. The van der Waals surface area contributed by atoms with Crippen LogP contribution in [-0.4, -0.2) is 33.3 Å². The summed E-state index contributed by atoms with van der Waals surface area (Å²) in [6.07, 6.45) is 5.41. The van der Waals surface area contributed by atoms with Crippen molar-refractivity contribution in [1.29, 1.82) is 0 Å². The highest BCUT2D eigenvalue weighted by molar-refractivity contribution is 7.82. The van der Waals surface area contributed by atoms with Crippen LogP contribution in [0.25, 0.3) is 10.8 Å². The summed E-state index contributed by atoms with van der Waals surface area (Å²) in [6.45, 7) is 3.78.